The first-order chi connectivity index (χ1) is 12.8. The second kappa shape index (κ2) is 7.72. The Morgan fingerprint density at radius 3 is 2.52 bits per heavy atom. The molecule has 6 heteroatoms. The molecule has 0 aliphatic carbocycles. The summed E-state index contributed by atoms with van der Waals surface area (Å²) in [5, 5.41) is 0. The number of carbonyl (C=O) groups excluding carboxylic acids is 1. The lowest BCUT2D eigenvalue weighted by Crippen LogP contribution is -2.39. The van der Waals surface area contributed by atoms with Crippen molar-refractivity contribution in [2.24, 2.45) is 5.92 Å². The normalized spacial score (nSPS) is 17.6. The van der Waals surface area contributed by atoms with Gasteiger partial charge in [0.2, 0.25) is 0 Å². The number of benzene rings is 2. The fourth-order valence-corrected chi connectivity index (χ4v) is 4.64. The highest BCUT2D eigenvalue weighted by Crippen LogP contribution is 2.24. The van der Waals surface area contributed by atoms with Gasteiger partial charge in [-0.15, -0.1) is 0 Å². The van der Waals surface area contributed by atoms with Crippen molar-refractivity contribution in [1.29, 1.82) is 0 Å². The molecule has 1 amide bonds. The second-order valence-electron chi connectivity index (χ2n) is 7.33. The smallest absolute Gasteiger partial charge is 0.264 e. The second-order valence-corrected chi connectivity index (χ2v) is 9.30. The molecule has 1 heterocycles. The summed E-state index contributed by atoms with van der Waals surface area (Å²) in [5.74, 6) is 0.374. The first-order valence-electron chi connectivity index (χ1n) is 9.24. The third-order valence-electron chi connectivity index (χ3n) is 5.08. The molecule has 0 bridgehead atoms. The number of nitrogens with zero attached hydrogens (tertiary/aromatic N) is 2. The van der Waals surface area contributed by atoms with Crippen LogP contribution in [-0.2, 0) is 10.0 Å². The quantitative estimate of drug-likeness (QED) is 0.805. The molecule has 27 heavy (non-hydrogen) atoms. The van der Waals surface area contributed by atoms with Crippen LogP contribution in [0.2, 0.25) is 0 Å². The fourth-order valence-electron chi connectivity index (χ4n) is 3.40. The molecule has 2 aromatic carbocycles. The average Bonchev–Trinajstić information content (AvgIpc) is 2.67. The summed E-state index contributed by atoms with van der Waals surface area (Å²) < 4.78 is 27.3. The summed E-state index contributed by atoms with van der Waals surface area (Å²) in [6, 6.07) is 13.6. The molecular weight excluding hydrogens is 360 g/mol. The van der Waals surface area contributed by atoms with Gasteiger partial charge >= 0.3 is 0 Å². The molecule has 1 aliphatic heterocycles. The van der Waals surface area contributed by atoms with Crippen molar-refractivity contribution in [3.63, 3.8) is 0 Å². The van der Waals surface area contributed by atoms with Crippen molar-refractivity contribution in [2.45, 2.75) is 31.6 Å². The minimum absolute atomic E-state index is 0.100. The Morgan fingerprint density at radius 1 is 1.15 bits per heavy atom. The zero-order valence-electron chi connectivity index (χ0n) is 16.1. The largest absolute Gasteiger partial charge is 0.338 e. The van der Waals surface area contributed by atoms with Gasteiger partial charge in [-0.2, -0.15) is 0 Å². The van der Waals surface area contributed by atoms with Crippen LogP contribution < -0.4 is 4.31 Å². The van der Waals surface area contributed by atoms with Gasteiger partial charge in [0.05, 0.1) is 10.6 Å². The first kappa shape index (κ1) is 19.4. The monoisotopic (exact) mass is 386 g/mol. The molecule has 0 spiro atoms. The summed E-state index contributed by atoms with van der Waals surface area (Å²) in [4.78, 5) is 14.8. The summed E-state index contributed by atoms with van der Waals surface area (Å²) in [6.45, 7) is 5.54. The van der Waals surface area contributed by atoms with E-state index in [0.717, 1.165) is 31.5 Å². The lowest BCUT2D eigenvalue weighted by atomic mass is 9.99. The number of amides is 1. The molecule has 1 saturated heterocycles. The molecule has 5 nitrogen and oxygen atoms in total. The third kappa shape index (κ3) is 4.16. The van der Waals surface area contributed by atoms with Gasteiger partial charge in [-0.05, 0) is 56.0 Å². The fraction of sp³-hybridized carbons (Fsp3) is 0.381. The Balaban J connectivity index is 1.87. The van der Waals surface area contributed by atoms with Crippen LogP contribution in [0.5, 0.6) is 0 Å². The number of piperidine rings is 1. The van der Waals surface area contributed by atoms with E-state index in [1.165, 1.54) is 23.5 Å². The number of likely N-dealkylation sites (tertiary alicyclic amines) is 1. The van der Waals surface area contributed by atoms with Crippen molar-refractivity contribution >= 4 is 21.6 Å². The van der Waals surface area contributed by atoms with Gasteiger partial charge < -0.3 is 4.90 Å². The van der Waals surface area contributed by atoms with Gasteiger partial charge in [0.15, 0.2) is 0 Å². The van der Waals surface area contributed by atoms with Gasteiger partial charge in [0.1, 0.15) is 0 Å². The Hall–Kier alpha value is -2.34. The molecule has 0 aromatic heterocycles. The van der Waals surface area contributed by atoms with Gasteiger partial charge in [-0.25, -0.2) is 8.42 Å². The van der Waals surface area contributed by atoms with E-state index in [2.05, 4.69) is 6.92 Å². The Morgan fingerprint density at radius 2 is 1.85 bits per heavy atom. The van der Waals surface area contributed by atoms with Crippen LogP contribution in [0, 0.1) is 12.8 Å². The van der Waals surface area contributed by atoms with Crippen molar-refractivity contribution in [3.05, 3.63) is 59.7 Å². The zero-order chi connectivity index (χ0) is 19.6. The van der Waals surface area contributed by atoms with Crippen molar-refractivity contribution in [1.82, 2.24) is 4.90 Å². The van der Waals surface area contributed by atoms with E-state index >= 15 is 0 Å². The summed E-state index contributed by atoms with van der Waals surface area (Å²) in [5.41, 5.74) is 2.07. The molecule has 3 rings (SSSR count). The minimum Gasteiger partial charge on any atom is -0.338 e. The van der Waals surface area contributed by atoms with Crippen molar-refractivity contribution in [3.8, 4) is 0 Å². The van der Waals surface area contributed by atoms with Gasteiger partial charge in [-0.3, -0.25) is 9.10 Å². The topological polar surface area (TPSA) is 57.7 Å². The van der Waals surface area contributed by atoms with E-state index in [0.29, 0.717) is 17.2 Å². The van der Waals surface area contributed by atoms with Gasteiger partial charge in [-0.1, -0.05) is 30.7 Å². The number of sulfonamides is 1. The van der Waals surface area contributed by atoms with Gasteiger partial charge in [0, 0.05) is 25.7 Å². The number of rotatable bonds is 4. The van der Waals surface area contributed by atoms with Crippen molar-refractivity contribution in [2.75, 3.05) is 24.4 Å². The van der Waals surface area contributed by atoms with E-state index in [4.69, 9.17) is 0 Å². The zero-order valence-corrected chi connectivity index (χ0v) is 16.9. The molecule has 0 N–H and O–H groups in total. The SMILES string of the molecule is Cc1ccc(N(C)S(=O)(=O)c2cccc(C(=O)N3CCC[C@H](C)C3)c2)cc1. The maximum atomic E-state index is 13.0. The molecule has 144 valence electrons. The highest BCUT2D eigenvalue weighted by molar-refractivity contribution is 7.92. The Kier molecular flexibility index (Phi) is 5.56. The predicted molar refractivity (Wildman–Crippen MR) is 108 cm³/mol. The van der Waals surface area contributed by atoms with Gasteiger partial charge in [0.25, 0.3) is 15.9 Å². The maximum Gasteiger partial charge on any atom is 0.264 e. The maximum absolute atomic E-state index is 13.0. The number of carbonyl (C=O) groups is 1. The molecule has 0 unspecified atom stereocenters. The molecule has 1 fully saturated rings. The van der Waals surface area contributed by atoms with E-state index in [-0.39, 0.29) is 10.8 Å². The van der Waals surface area contributed by atoms with Crippen LogP contribution in [0.1, 0.15) is 35.7 Å². The van der Waals surface area contributed by atoms with E-state index in [1.807, 2.05) is 24.0 Å². The van der Waals surface area contributed by atoms with Crippen LogP contribution in [0.4, 0.5) is 5.69 Å². The van der Waals surface area contributed by atoms with E-state index in [9.17, 15) is 13.2 Å². The van der Waals surface area contributed by atoms with Crippen LogP contribution in [-0.4, -0.2) is 39.4 Å². The molecular formula is C21H26N2O3S. The third-order valence-corrected chi connectivity index (χ3v) is 6.86. The van der Waals surface area contributed by atoms with Crippen molar-refractivity contribution < 1.29 is 13.2 Å². The summed E-state index contributed by atoms with van der Waals surface area (Å²) in [6.07, 6.45) is 2.11. The molecule has 1 atom stereocenters. The van der Waals surface area contributed by atoms with Crippen LogP contribution in [0.3, 0.4) is 0 Å². The number of hydrogen-bond donors (Lipinski definition) is 0. The molecule has 2 aromatic rings. The Bertz CT molecular complexity index is 923. The average molecular weight is 387 g/mol. The number of anilines is 1. The lowest BCUT2D eigenvalue weighted by Gasteiger charge is -2.31. The summed E-state index contributed by atoms with van der Waals surface area (Å²) in [7, 11) is -2.21. The van der Waals surface area contributed by atoms with E-state index in [1.54, 1.807) is 24.3 Å². The highest BCUT2D eigenvalue weighted by Gasteiger charge is 2.25. The Labute approximate surface area is 161 Å². The molecule has 0 radical (unpaired) electrons. The predicted octanol–water partition coefficient (Wildman–Crippen LogP) is 3.69. The first-order valence-corrected chi connectivity index (χ1v) is 10.7. The molecule has 1 aliphatic rings. The van der Waals surface area contributed by atoms with Crippen LogP contribution in [0.25, 0.3) is 0 Å². The summed E-state index contributed by atoms with van der Waals surface area (Å²) >= 11 is 0. The standard InChI is InChI=1S/C21H26N2O3S/c1-16-9-11-19(12-10-16)22(3)27(25,26)20-8-4-7-18(14-20)21(24)23-13-5-6-17(2)15-23/h4,7-12,14,17H,5-6,13,15H2,1-3H3/t17-/m0/s1. The van der Waals surface area contributed by atoms with E-state index < -0.39 is 10.0 Å². The number of hydrogen-bond acceptors (Lipinski definition) is 3. The van der Waals surface area contributed by atoms with Crippen LogP contribution >= 0.6 is 0 Å². The number of aryl methyl sites for hydroxylation is 1. The van der Waals surface area contributed by atoms with Crippen LogP contribution in [0.15, 0.2) is 53.4 Å². The molecule has 0 saturated carbocycles. The minimum atomic E-state index is -3.74. The highest BCUT2D eigenvalue weighted by atomic mass is 32.2. The lowest BCUT2D eigenvalue weighted by molar-refractivity contribution is 0.0683.